The molecule has 40 heavy (non-hydrogen) atoms. The minimum atomic E-state index is -4.46. The Bertz CT molecular complexity index is 1560. The topological polar surface area (TPSA) is 74.3 Å². The van der Waals surface area contributed by atoms with Gasteiger partial charge in [0.25, 0.3) is 0 Å². The molecule has 7 nitrogen and oxygen atoms in total. The molecule has 0 aliphatic carbocycles. The molecule has 2 aromatic carbocycles. The number of H-pyrrole nitrogens is 1. The van der Waals surface area contributed by atoms with Gasteiger partial charge >= 0.3 is 18.4 Å². The van der Waals surface area contributed by atoms with E-state index in [2.05, 4.69) is 15.0 Å². The minimum Gasteiger partial charge on any atom is -0.440 e. The van der Waals surface area contributed by atoms with Gasteiger partial charge in [-0.25, -0.2) is 14.8 Å². The van der Waals surface area contributed by atoms with Crippen LogP contribution in [0, 0.1) is 0 Å². The van der Waals surface area contributed by atoms with E-state index < -0.39 is 35.2 Å². The van der Waals surface area contributed by atoms with Gasteiger partial charge in [-0.2, -0.15) is 26.3 Å². The smallest absolute Gasteiger partial charge is 0.416 e. The van der Waals surface area contributed by atoms with E-state index in [4.69, 9.17) is 4.74 Å². The summed E-state index contributed by atoms with van der Waals surface area (Å²) in [5.41, 5.74) is -0.673. The van der Waals surface area contributed by atoms with Crippen LogP contribution in [0.25, 0.3) is 22.4 Å². The standard InChI is InChI=1S/C27H21F6N5O2/c28-26(29,30)17-2-5-19(6-3-17)38-15-25(40-24(38)39)9-11-37(12-10-25)22-8-1-16(14-34-22)23-35-20-7-4-18(27(31,32)33)13-21(20)36-23/h1-8,13-14H,9-12,15H2,(H,35,36). The van der Waals surface area contributed by atoms with Crippen LogP contribution >= 0.6 is 0 Å². The second-order valence-electron chi connectivity index (χ2n) is 9.89. The molecule has 0 bridgehead atoms. The molecule has 6 rings (SSSR count). The summed E-state index contributed by atoms with van der Waals surface area (Å²) >= 11 is 0. The molecule has 1 amide bonds. The Hall–Kier alpha value is -4.29. The number of aromatic amines is 1. The first kappa shape index (κ1) is 26.0. The molecule has 0 radical (unpaired) electrons. The number of halogens is 6. The van der Waals surface area contributed by atoms with E-state index in [0.29, 0.717) is 54.3 Å². The molecule has 2 fully saturated rings. The van der Waals surface area contributed by atoms with E-state index >= 15 is 0 Å². The van der Waals surface area contributed by atoms with E-state index in [9.17, 15) is 31.1 Å². The van der Waals surface area contributed by atoms with Gasteiger partial charge in [-0.05, 0) is 54.6 Å². The molecule has 1 N–H and O–H groups in total. The number of anilines is 2. The molecule has 0 atom stereocenters. The average Bonchev–Trinajstić information content (AvgIpc) is 3.49. The molecule has 2 aliphatic rings. The maximum absolute atomic E-state index is 13.0. The molecule has 1 spiro atoms. The lowest BCUT2D eigenvalue weighted by Gasteiger charge is -2.38. The van der Waals surface area contributed by atoms with Crippen LogP contribution in [0.2, 0.25) is 0 Å². The predicted molar refractivity (Wildman–Crippen MR) is 134 cm³/mol. The zero-order chi connectivity index (χ0) is 28.3. The number of carbonyl (C=O) groups excluding carboxylic acids is 1. The summed E-state index contributed by atoms with van der Waals surface area (Å²) in [4.78, 5) is 27.7. The third-order valence-corrected chi connectivity index (χ3v) is 7.31. The lowest BCUT2D eigenvalue weighted by molar-refractivity contribution is -0.138. The summed E-state index contributed by atoms with van der Waals surface area (Å²) in [6, 6.07) is 11.3. The summed E-state index contributed by atoms with van der Waals surface area (Å²) in [5, 5.41) is 0. The lowest BCUT2D eigenvalue weighted by Crippen LogP contribution is -2.47. The Morgan fingerprint density at radius 3 is 2.17 bits per heavy atom. The van der Waals surface area contributed by atoms with Crippen LogP contribution in [0.15, 0.2) is 60.8 Å². The minimum absolute atomic E-state index is 0.236. The molecule has 0 saturated carbocycles. The van der Waals surface area contributed by atoms with Crippen molar-refractivity contribution in [2.75, 3.05) is 29.4 Å². The van der Waals surface area contributed by atoms with Gasteiger partial charge in [0, 0.05) is 43.4 Å². The highest BCUT2D eigenvalue weighted by atomic mass is 19.4. The van der Waals surface area contributed by atoms with Crippen LogP contribution in [0.4, 0.5) is 42.6 Å². The van der Waals surface area contributed by atoms with Crippen molar-refractivity contribution < 1.29 is 35.9 Å². The number of hydrogen-bond donors (Lipinski definition) is 1. The van der Waals surface area contributed by atoms with Crippen molar-refractivity contribution in [2.45, 2.75) is 30.8 Å². The molecule has 4 aromatic rings. The van der Waals surface area contributed by atoms with E-state index in [1.165, 1.54) is 23.1 Å². The van der Waals surface area contributed by atoms with E-state index in [1.54, 1.807) is 18.3 Å². The normalized spacial score (nSPS) is 17.6. The van der Waals surface area contributed by atoms with Gasteiger partial charge in [0.05, 0.1) is 28.7 Å². The quantitative estimate of drug-likeness (QED) is 0.283. The fourth-order valence-electron chi connectivity index (χ4n) is 5.09. The largest absolute Gasteiger partial charge is 0.440 e. The second-order valence-corrected chi connectivity index (χ2v) is 9.89. The molecule has 0 unspecified atom stereocenters. The van der Waals surface area contributed by atoms with Gasteiger partial charge in [0.2, 0.25) is 0 Å². The first-order chi connectivity index (χ1) is 18.9. The summed E-state index contributed by atoms with van der Waals surface area (Å²) in [6.45, 7) is 1.30. The number of fused-ring (bicyclic) bond motifs is 1. The zero-order valence-corrected chi connectivity index (χ0v) is 20.7. The van der Waals surface area contributed by atoms with Crippen LogP contribution in [0.5, 0.6) is 0 Å². The van der Waals surface area contributed by atoms with Crippen molar-refractivity contribution in [2.24, 2.45) is 0 Å². The lowest BCUT2D eigenvalue weighted by atomic mass is 9.91. The highest BCUT2D eigenvalue weighted by molar-refractivity contribution is 5.90. The zero-order valence-electron chi connectivity index (χ0n) is 20.7. The number of nitrogens with zero attached hydrogens (tertiary/aromatic N) is 4. The van der Waals surface area contributed by atoms with Gasteiger partial charge in [0.1, 0.15) is 17.2 Å². The molecule has 2 aliphatic heterocycles. The second kappa shape index (κ2) is 9.14. The van der Waals surface area contributed by atoms with E-state index in [0.717, 1.165) is 24.3 Å². The summed E-state index contributed by atoms with van der Waals surface area (Å²) in [7, 11) is 0. The predicted octanol–water partition coefficient (Wildman–Crippen LogP) is 6.66. The molecule has 2 aromatic heterocycles. The van der Waals surface area contributed by atoms with Crippen molar-refractivity contribution >= 4 is 28.6 Å². The first-order valence-electron chi connectivity index (χ1n) is 12.4. The number of alkyl halides is 6. The molecule has 208 valence electrons. The summed E-state index contributed by atoms with van der Waals surface area (Å²) < 4.78 is 83.4. The Morgan fingerprint density at radius 2 is 1.55 bits per heavy atom. The SMILES string of the molecule is O=C1OC2(CCN(c3ccc(-c4nc5ccc(C(F)(F)F)cc5[nH]4)cn3)CC2)CN1c1ccc(C(F)(F)F)cc1. The van der Waals surface area contributed by atoms with Crippen molar-refractivity contribution in [1.82, 2.24) is 15.0 Å². The molecular weight excluding hydrogens is 540 g/mol. The Morgan fingerprint density at radius 1 is 0.875 bits per heavy atom. The number of hydrogen-bond acceptors (Lipinski definition) is 5. The summed E-state index contributed by atoms with van der Waals surface area (Å²) in [6.07, 6.45) is -6.91. The molecule has 4 heterocycles. The maximum atomic E-state index is 13.0. The molecule has 2 saturated heterocycles. The van der Waals surface area contributed by atoms with Crippen molar-refractivity contribution in [3.05, 3.63) is 71.9 Å². The number of ether oxygens (including phenoxy) is 1. The number of carbonyl (C=O) groups is 1. The number of piperidine rings is 1. The maximum Gasteiger partial charge on any atom is 0.416 e. The van der Waals surface area contributed by atoms with E-state index in [-0.39, 0.29) is 12.1 Å². The van der Waals surface area contributed by atoms with Gasteiger partial charge in [0.15, 0.2) is 0 Å². The van der Waals surface area contributed by atoms with Crippen molar-refractivity contribution in [1.29, 1.82) is 0 Å². The van der Waals surface area contributed by atoms with Gasteiger partial charge in [-0.3, -0.25) is 4.90 Å². The first-order valence-corrected chi connectivity index (χ1v) is 12.4. The number of rotatable bonds is 3. The van der Waals surface area contributed by atoms with Gasteiger partial charge < -0.3 is 14.6 Å². The fraction of sp³-hybridized carbons (Fsp3) is 0.296. The monoisotopic (exact) mass is 561 g/mol. The van der Waals surface area contributed by atoms with Gasteiger partial charge in [-0.1, -0.05) is 0 Å². The third-order valence-electron chi connectivity index (χ3n) is 7.31. The Balaban J connectivity index is 1.11. The number of nitrogens with one attached hydrogen (secondary N) is 1. The van der Waals surface area contributed by atoms with Gasteiger partial charge in [-0.15, -0.1) is 0 Å². The fourth-order valence-corrected chi connectivity index (χ4v) is 5.09. The Kier molecular flexibility index (Phi) is 5.93. The van der Waals surface area contributed by atoms with Crippen molar-refractivity contribution in [3.63, 3.8) is 0 Å². The van der Waals surface area contributed by atoms with Crippen LogP contribution in [-0.2, 0) is 17.1 Å². The number of pyridine rings is 1. The van der Waals surface area contributed by atoms with Crippen LogP contribution < -0.4 is 9.80 Å². The highest BCUT2D eigenvalue weighted by Crippen LogP contribution is 2.38. The van der Waals surface area contributed by atoms with Crippen molar-refractivity contribution in [3.8, 4) is 11.4 Å². The number of imidazole rings is 1. The molecule has 13 heteroatoms. The number of amides is 1. The average molecular weight is 561 g/mol. The van der Waals surface area contributed by atoms with E-state index in [1.807, 2.05) is 4.90 Å². The van der Waals surface area contributed by atoms with Crippen LogP contribution in [0.1, 0.15) is 24.0 Å². The summed E-state index contributed by atoms with van der Waals surface area (Å²) in [5.74, 6) is 1.07. The number of aromatic nitrogens is 3. The number of benzene rings is 2. The third kappa shape index (κ3) is 4.80. The molecular formula is C27H21F6N5O2. The highest BCUT2D eigenvalue weighted by Gasteiger charge is 2.47. The Labute approximate surface area is 223 Å². The van der Waals surface area contributed by atoms with Crippen LogP contribution in [-0.4, -0.2) is 46.3 Å². The van der Waals surface area contributed by atoms with Crippen LogP contribution in [0.3, 0.4) is 0 Å².